The van der Waals surface area contributed by atoms with Crippen LogP contribution >= 0.6 is 35.4 Å². The Morgan fingerprint density at radius 1 is 1.31 bits per heavy atom. The Morgan fingerprint density at radius 2 is 1.94 bits per heavy atom. The second-order valence-electron chi connectivity index (χ2n) is 3.23. The molecule has 0 aliphatic heterocycles. The zero-order valence-electron chi connectivity index (χ0n) is 9.26. The second kappa shape index (κ2) is 6.28. The van der Waals surface area contributed by atoms with Gasteiger partial charge in [-0.15, -0.1) is 0 Å². The molecular weight excluding hydrogens is 263 g/mol. The minimum atomic E-state index is 0.571. The minimum Gasteiger partial charge on any atom is -0.350 e. The van der Waals surface area contributed by atoms with Crippen molar-refractivity contribution in [3.63, 3.8) is 0 Å². The third-order valence-corrected chi connectivity index (χ3v) is 3.13. The third-order valence-electron chi connectivity index (χ3n) is 2.22. The van der Waals surface area contributed by atoms with E-state index in [0.29, 0.717) is 15.2 Å². The van der Waals surface area contributed by atoms with Gasteiger partial charge in [-0.3, -0.25) is 0 Å². The number of nitrogens with zero attached hydrogens (tertiary/aromatic N) is 1. The van der Waals surface area contributed by atoms with Gasteiger partial charge in [0, 0.05) is 18.1 Å². The summed E-state index contributed by atoms with van der Waals surface area (Å²) < 4.78 is 0. The molecule has 2 nitrogen and oxygen atoms in total. The van der Waals surface area contributed by atoms with Gasteiger partial charge in [0.15, 0.2) is 5.11 Å². The van der Waals surface area contributed by atoms with Gasteiger partial charge in [-0.1, -0.05) is 23.2 Å². The lowest BCUT2D eigenvalue weighted by molar-refractivity contribution is 0.473. The molecule has 16 heavy (non-hydrogen) atoms. The number of hydrogen-bond acceptors (Lipinski definition) is 1. The molecule has 0 heterocycles. The van der Waals surface area contributed by atoms with Crippen LogP contribution in [0.15, 0.2) is 18.2 Å². The van der Waals surface area contributed by atoms with E-state index in [1.54, 1.807) is 12.1 Å². The van der Waals surface area contributed by atoms with E-state index in [-0.39, 0.29) is 0 Å². The highest BCUT2D eigenvalue weighted by Gasteiger charge is 2.07. The van der Waals surface area contributed by atoms with Crippen LogP contribution in [0, 0.1) is 0 Å². The molecule has 1 aromatic rings. The normalized spacial score (nSPS) is 10.0. The van der Waals surface area contributed by atoms with Crippen LogP contribution in [0.5, 0.6) is 0 Å². The van der Waals surface area contributed by atoms with E-state index in [9.17, 15) is 0 Å². The Labute approximate surface area is 112 Å². The van der Waals surface area contributed by atoms with Gasteiger partial charge in [0.2, 0.25) is 0 Å². The van der Waals surface area contributed by atoms with Crippen molar-refractivity contribution in [2.45, 2.75) is 13.8 Å². The molecule has 0 spiro atoms. The molecule has 0 aliphatic rings. The van der Waals surface area contributed by atoms with Crippen molar-refractivity contribution >= 4 is 46.2 Å². The van der Waals surface area contributed by atoms with Gasteiger partial charge in [0.25, 0.3) is 0 Å². The maximum atomic E-state index is 6.04. The summed E-state index contributed by atoms with van der Waals surface area (Å²) >= 11 is 17.1. The van der Waals surface area contributed by atoms with Crippen molar-refractivity contribution in [2.24, 2.45) is 0 Å². The summed E-state index contributed by atoms with van der Waals surface area (Å²) in [5.74, 6) is 0. The summed E-state index contributed by atoms with van der Waals surface area (Å²) in [6.45, 7) is 5.85. The summed E-state index contributed by atoms with van der Waals surface area (Å²) in [5.41, 5.74) is 0.781. The molecule has 0 saturated carbocycles. The van der Waals surface area contributed by atoms with Crippen molar-refractivity contribution in [1.29, 1.82) is 0 Å². The quantitative estimate of drug-likeness (QED) is 0.840. The van der Waals surface area contributed by atoms with Gasteiger partial charge < -0.3 is 10.2 Å². The number of thiocarbonyl (C=S) groups is 1. The summed E-state index contributed by atoms with van der Waals surface area (Å²) in [5, 5.41) is 4.97. The molecule has 0 amide bonds. The highest BCUT2D eigenvalue weighted by Crippen LogP contribution is 2.25. The standard InChI is InChI=1S/C11H14Cl2N2S/c1-3-15(4-2)11(16)14-10-6-5-8(12)7-9(10)13/h5-7H,3-4H2,1-2H3,(H,14,16). The number of nitrogens with one attached hydrogen (secondary N) is 1. The average molecular weight is 277 g/mol. The topological polar surface area (TPSA) is 15.3 Å². The van der Waals surface area contributed by atoms with Gasteiger partial charge in [-0.25, -0.2) is 0 Å². The van der Waals surface area contributed by atoms with E-state index in [0.717, 1.165) is 18.8 Å². The Bertz CT molecular complexity index is 378. The van der Waals surface area contributed by atoms with Crippen LogP contribution in [0.2, 0.25) is 10.0 Å². The lowest BCUT2D eigenvalue weighted by Gasteiger charge is -2.22. The first-order valence-electron chi connectivity index (χ1n) is 5.09. The van der Waals surface area contributed by atoms with E-state index in [1.165, 1.54) is 0 Å². The van der Waals surface area contributed by atoms with Crippen molar-refractivity contribution in [2.75, 3.05) is 18.4 Å². The molecule has 0 aromatic heterocycles. The zero-order chi connectivity index (χ0) is 12.1. The molecule has 88 valence electrons. The van der Waals surface area contributed by atoms with Gasteiger partial charge in [0.1, 0.15) is 0 Å². The second-order valence-corrected chi connectivity index (χ2v) is 4.46. The first kappa shape index (κ1) is 13.6. The SMILES string of the molecule is CCN(CC)C(=S)Nc1ccc(Cl)cc1Cl. The summed E-state index contributed by atoms with van der Waals surface area (Å²) in [6.07, 6.45) is 0. The predicted molar refractivity (Wildman–Crippen MR) is 75.6 cm³/mol. The molecule has 0 saturated heterocycles. The third kappa shape index (κ3) is 3.51. The molecule has 0 bridgehead atoms. The first-order valence-corrected chi connectivity index (χ1v) is 6.25. The number of anilines is 1. The van der Waals surface area contributed by atoms with Gasteiger partial charge >= 0.3 is 0 Å². The fourth-order valence-corrected chi connectivity index (χ4v) is 2.12. The monoisotopic (exact) mass is 276 g/mol. The number of benzene rings is 1. The first-order chi connectivity index (χ1) is 7.58. The maximum Gasteiger partial charge on any atom is 0.173 e. The lowest BCUT2D eigenvalue weighted by Crippen LogP contribution is -2.34. The molecule has 0 unspecified atom stereocenters. The molecule has 1 N–H and O–H groups in total. The minimum absolute atomic E-state index is 0.571. The summed E-state index contributed by atoms with van der Waals surface area (Å²) in [4.78, 5) is 2.04. The largest absolute Gasteiger partial charge is 0.350 e. The summed E-state index contributed by atoms with van der Waals surface area (Å²) in [6, 6.07) is 5.29. The molecular formula is C11H14Cl2N2S. The fraction of sp³-hybridized carbons (Fsp3) is 0.364. The number of rotatable bonds is 3. The highest BCUT2D eigenvalue weighted by atomic mass is 35.5. The molecule has 1 rings (SSSR count). The van der Waals surface area contributed by atoms with E-state index in [4.69, 9.17) is 35.4 Å². The Morgan fingerprint density at radius 3 is 2.44 bits per heavy atom. The Kier molecular flexibility index (Phi) is 5.32. The van der Waals surface area contributed by atoms with E-state index in [2.05, 4.69) is 19.2 Å². The van der Waals surface area contributed by atoms with Crippen LogP contribution in [-0.4, -0.2) is 23.1 Å². The fourth-order valence-electron chi connectivity index (χ4n) is 1.30. The van der Waals surface area contributed by atoms with Crippen LogP contribution in [0.3, 0.4) is 0 Å². The van der Waals surface area contributed by atoms with Crippen LogP contribution in [-0.2, 0) is 0 Å². The van der Waals surface area contributed by atoms with E-state index < -0.39 is 0 Å². The van der Waals surface area contributed by atoms with Crippen molar-refractivity contribution in [3.05, 3.63) is 28.2 Å². The van der Waals surface area contributed by atoms with Crippen LogP contribution in [0.25, 0.3) is 0 Å². The number of halogens is 2. The number of hydrogen-bond donors (Lipinski definition) is 1. The van der Waals surface area contributed by atoms with Crippen molar-refractivity contribution in [1.82, 2.24) is 4.90 Å². The molecule has 0 atom stereocenters. The molecule has 0 fully saturated rings. The Hall–Kier alpha value is -0.510. The van der Waals surface area contributed by atoms with Gasteiger partial charge in [-0.2, -0.15) is 0 Å². The van der Waals surface area contributed by atoms with E-state index in [1.807, 2.05) is 11.0 Å². The molecule has 5 heteroatoms. The Balaban J connectivity index is 2.76. The predicted octanol–water partition coefficient (Wildman–Crippen LogP) is 4.03. The van der Waals surface area contributed by atoms with Crippen LogP contribution in [0.1, 0.15) is 13.8 Å². The van der Waals surface area contributed by atoms with Crippen LogP contribution in [0.4, 0.5) is 5.69 Å². The summed E-state index contributed by atoms with van der Waals surface area (Å²) in [7, 11) is 0. The van der Waals surface area contributed by atoms with Gasteiger partial charge in [-0.05, 0) is 44.3 Å². The molecule has 0 radical (unpaired) electrons. The molecule has 0 aliphatic carbocycles. The average Bonchev–Trinajstić information content (AvgIpc) is 2.24. The molecule has 1 aromatic carbocycles. The maximum absolute atomic E-state index is 6.04. The van der Waals surface area contributed by atoms with Crippen molar-refractivity contribution < 1.29 is 0 Å². The van der Waals surface area contributed by atoms with Crippen molar-refractivity contribution in [3.8, 4) is 0 Å². The van der Waals surface area contributed by atoms with E-state index >= 15 is 0 Å². The zero-order valence-corrected chi connectivity index (χ0v) is 11.6. The smallest absolute Gasteiger partial charge is 0.173 e. The lowest BCUT2D eigenvalue weighted by atomic mass is 10.3. The van der Waals surface area contributed by atoms with Gasteiger partial charge in [0.05, 0.1) is 10.7 Å². The van der Waals surface area contributed by atoms with Crippen LogP contribution < -0.4 is 5.32 Å². The highest BCUT2D eigenvalue weighted by molar-refractivity contribution is 7.80.